The van der Waals surface area contributed by atoms with Gasteiger partial charge in [-0.25, -0.2) is 8.42 Å². The molecule has 1 atom stereocenters. The Hall–Kier alpha value is -1.76. The fourth-order valence-electron chi connectivity index (χ4n) is 3.54. The molecule has 1 aliphatic rings. The predicted octanol–water partition coefficient (Wildman–Crippen LogP) is 3.97. The molecule has 1 fully saturated rings. The highest BCUT2D eigenvalue weighted by molar-refractivity contribution is 7.91. The van der Waals surface area contributed by atoms with Crippen molar-refractivity contribution in [2.24, 2.45) is 0 Å². The number of ether oxygens (including phenoxy) is 2. The molecular formula is C20H24ClNO4S. The SMILES string of the molecule is COc1ccc(C2CCCN2CCS(=O)(=O)c2ccc(Cl)cc2)c(OC)c1. The molecule has 0 radical (unpaired) electrons. The number of methoxy groups -OCH3 is 2. The molecular weight excluding hydrogens is 386 g/mol. The molecule has 27 heavy (non-hydrogen) atoms. The number of halogens is 1. The average Bonchev–Trinajstić information content (AvgIpc) is 3.14. The highest BCUT2D eigenvalue weighted by atomic mass is 35.5. The van der Waals surface area contributed by atoms with Crippen molar-refractivity contribution in [3.63, 3.8) is 0 Å². The second kappa shape index (κ2) is 8.50. The van der Waals surface area contributed by atoms with Crippen LogP contribution in [-0.2, 0) is 9.84 Å². The summed E-state index contributed by atoms with van der Waals surface area (Å²) in [4.78, 5) is 2.53. The molecule has 0 aliphatic carbocycles. The lowest BCUT2D eigenvalue weighted by Gasteiger charge is -2.26. The molecule has 5 nitrogen and oxygen atoms in total. The first-order valence-corrected chi connectivity index (χ1v) is 10.9. The fraction of sp³-hybridized carbons (Fsp3) is 0.400. The van der Waals surface area contributed by atoms with Crippen LogP contribution >= 0.6 is 11.6 Å². The van der Waals surface area contributed by atoms with Crippen molar-refractivity contribution in [2.75, 3.05) is 33.1 Å². The third kappa shape index (κ3) is 4.57. The Morgan fingerprint density at radius 1 is 1.11 bits per heavy atom. The lowest BCUT2D eigenvalue weighted by Crippen LogP contribution is -2.29. The van der Waals surface area contributed by atoms with Gasteiger partial charge in [0.1, 0.15) is 11.5 Å². The minimum atomic E-state index is -3.35. The summed E-state index contributed by atoms with van der Waals surface area (Å²) in [6.07, 6.45) is 2.00. The summed E-state index contributed by atoms with van der Waals surface area (Å²) in [5.74, 6) is 1.58. The van der Waals surface area contributed by atoms with E-state index in [0.29, 0.717) is 16.5 Å². The van der Waals surface area contributed by atoms with E-state index in [1.807, 2.05) is 18.2 Å². The number of rotatable bonds is 7. The Morgan fingerprint density at radius 2 is 1.85 bits per heavy atom. The molecule has 1 unspecified atom stereocenters. The molecule has 1 heterocycles. The summed E-state index contributed by atoms with van der Waals surface area (Å²) in [7, 11) is -0.0837. The molecule has 1 saturated heterocycles. The van der Waals surface area contributed by atoms with E-state index in [1.165, 1.54) is 0 Å². The second-order valence-corrected chi connectivity index (χ2v) is 9.12. The average molecular weight is 410 g/mol. The van der Waals surface area contributed by atoms with E-state index in [2.05, 4.69) is 4.90 Å². The number of benzene rings is 2. The van der Waals surface area contributed by atoms with E-state index < -0.39 is 9.84 Å². The largest absolute Gasteiger partial charge is 0.497 e. The smallest absolute Gasteiger partial charge is 0.179 e. The minimum absolute atomic E-state index is 0.0730. The number of hydrogen-bond donors (Lipinski definition) is 0. The van der Waals surface area contributed by atoms with Gasteiger partial charge < -0.3 is 9.47 Å². The lowest BCUT2D eigenvalue weighted by molar-refractivity contribution is 0.265. The van der Waals surface area contributed by atoms with Gasteiger partial charge in [-0.05, 0) is 49.7 Å². The van der Waals surface area contributed by atoms with E-state index in [9.17, 15) is 8.42 Å². The maximum Gasteiger partial charge on any atom is 0.179 e. The van der Waals surface area contributed by atoms with Crippen LogP contribution in [0.2, 0.25) is 5.02 Å². The Labute approximate surface area is 165 Å². The predicted molar refractivity (Wildman–Crippen MR) is 107 cm³/mol. The van der Waals surface area contributed by atoms with Crippen molar-refractivity contribution in [2.45, 2.75) is 23.8 Å². The van der Waals surface area contributed by atoms with Gasteiger partial charge in [0.2, 0.25) is 0 Å². The maximum absolute atomic E-state index is 12.6. The first-order valence-electron chi connectivity index (χ1n) is 8.89. The Kier molecular flexibility index (Phi) is 6.29. The third-order valence-electron chi connectivity index (χ3n) is 4.98. The molecule has 0 saturated carbocycles. The molecule has 2 aromatic carbocycles. The highest BCUT2D eigenvalue weighted by Gasteiger charge is 2.29. The van der Waals surface area contributed by atoms with Gasteiger partial charge in [-0.15, -0.1) is 0 Å². The van der Waals surface area contributed by atoms with Crippen molar-refractivity contribution in [3.8, 4) is 11.5 Å². The summed E-state index contributed by atoms with van der Waals surface area (Å²) in [6.45, 7) is 1.35. The van der Waals surface area contributed by atoms with Crippen molar-refractivity contribution in [1.82, 2.24) is 4.90 Å². The summed E-state index contributed by atoms with van der Waals surface area (Å²) < 4.78 is 36.1. The molecule has 3 rings (SSSR count). The van der Waals surface area contributed by atoms with Gasteiger partial charge in [0.25, 0.3) is 0 Å². The number of likely N-dealkylation sites (tertiary alicyclic amines) is 1. The number of nitrogens with zero attached hydrogens (tertiary/aromatic N) is 1. The van der Waals surface area contributed by atoms with Crippen LogP contribution in [-0.4, -0.2) is 46.4 Å². The van der Waals surface area contributed by atoms with Gasteiger partial charge >= 0.3 is 0 Å². The summed E-state index contributed by atoms with van der Waals surface area (Å²) in [5, 5.41) is 0.528. The zero-order valence-corrected chi connectivity index (χ0v) is 17.1. The number of sulfone groups is 1. The van der Waals surface area contributed by atoms with Crippen LogP contribution in [0.5, 0.6) is 11.5 Å². The van der Waals surface area contributed by atoms with Crippen LogP contribution in [0.25, 0.3) is 0 Å². The van der Waals surface area contributed by atoms with Gasteiger partial charge in [-0.1, -0.05) is 17.7 Å². The van der Waals surface area contributed by atoms with Crippen LogP contribution in [0.3, 0.4) is 0 Å². The van der Waals surface area contributed by atoms with Crippen molar-refractivity contribution in [1.29, 1.82) is 0 Å². The first-order chi connectivity index (χ1) is 12.9. The first kappa shape index (κ1) is 20.0. The molecule has 146 valence electrons. The van der Waals surface area contributed by atoms with Crippen LogP contribution in [0, 0.1) is 0 Å². The second-order valence-electron chi connectivity index (χ2n) is 6.57. The minimum Gasteiger partial charge on any atom is -0.497 e. The van der Waals surface area contributed by atoms with Crippen LogP contribution in [0.15, 0.2) is 47.4 Å². The topological polar surface area (TPSA) is 55.8 Å². The molecule has 0 amide bonds. The normalized spacial score (nSPS) is 17.8. The quantitative estimate of drug-likeness (QED) is 0.692. The lowest BCUT2D eigenvalue weighted by atomic mass is 10.0. The van der Waals surface area contributed by atoms with Crippen molar-refractivity contribution >= 4 is 21.4 Å². The van der Waals surface area contributed by atoms with Gasteiger partial charge in [-0.3, -0.25) is 4.90 Å². The molecule has 0 bridgehead atoms. The maximum atomic E-state index is 12.6. The van der Waals surface area contributed by atoms with E-state index in [-0.39, 0.29) is 11.8 Å². The Morgan fingerprint density at radius 3 is 2.52 bits per heavy atom. The molecule has 0 aromatic heterocycles. The van der Waals surface area contributed by atoms with Gasteiger partial charge in [0.05, 0.1) is 24.9 Å². The molecule has 0 spiro atoms. The van der Waals surface area contributed by atoms with E-state index in [1.54, 1.807) is 38.5 Å². The van der Waals surface area contributed by atoms with Crippen LogP contribution < -0.4 is 9.47 Å². The van der Waals surface area contributed by atoms with Crippen molar-refractivity contribution < 1.29 is 17.9 Å². The highest BCUT2D eigenvalue weighted by Crippen LogP contribution is 2.38. The molecule has 1 aliphatic heterocycles. The van der Waals surface area contributed by atoms with E-state index in [4.69, 9.17) is 21.1 Å². The summed E-state index contributed by atoms with van der Waals surface area (Å²) in [6, 6.07) is 12.3. The monoisotopic (exact) mass is 409 g/mol. The summed E-state index contributed by atoms with van der Waals surface area (Å²) >= 11 is 5.86. The number of hydrogen-bond acceptors (Lipinski definition) is 5. The van der Waals surface area contributed by atoms with E-state index >= 15 is 0 Å². The van der Waals surface area contributed by atoms with Gasteiger partial charge in [0.15, 0.2) is 9.84 Å². The Bertz CT molecular complexity index is 883. The zero-order chi connectivity index (χ0) is 19.4. The van der Waals surface area contributed by atoms with Crippen molar-refractivity contribution in [3.05, 3.63) is 53.1 Å². The van der Waals surface area contributed by atoms with Gasteiger partial charge in [0, 0.05) is 29.2 Å². The fourth-order valence-corrected chi connectivity index (χ4v) is 4.92. The van der Waals surface area contributed by atoms with Crippen LogP contribution in [0.1, 0.15) is 24.4 Å². The van der Waals surface area contributed by atoms with Gasteiger partial charge in [-0.2, -0.15) is 0 Å². The molecule has 0 N–H and O–H groups in total. The third-order valence-corrected chi connectivity index (χ3v) is 6.95. The summed E-state index contributed by atoms with van der Waals surface area (Å²) in [5.41, 5.74) is 1.07. The zero-order valence-electron chi connectivity index (χ0n) is 15.5. The van der Waals surface area contributed by atoms with Crippen LogP contribution in [0.4, 0.5) is 0 Å². The van der Waals surface area contributed by atoms with E-state index in [0.717, 1.165) is 36.4 Å². The Balaban J connectivity index is 1.74. The molecule has 2 aromatic rings. The standard InChI is InChI=1S/C20H24ClNO4S/c1-25-16-7-10-18(20(14-16)26-2)19-4-3-11-22(19)12-13-27(23,24)17-8-5-15(21)6-9-17/h5-10,14,19H,3-4,11-13H2,1-2H3. The molecule has 7 heteroatoms.